The molecule has 298 valence electrons. The van der Waals surface area contributed by atoms with E-state index in [1.165, 1.54) is 55.3 Å². The maximum atomic E-state index is 4.75. The zero-order valence-electron chi connectivity index (χ0n) is 35.9. The van der Waals surface area contributed by atoms with E-state index in [1.807, 2.05) is 33.8 Å². The van der Waals surface area contributed by atoms with Crippen molar-refractivity contribution < 1.29 is 0 Å². The summed E-state index contributed by atoms with van der Waals surface area (Å²) >= 11 is 0. The molecule has 0 aliphatic heterocycles. The Labute approximate surface area is 359 Å². The fraction of sp³-hybridized carbons (Fsp3) is 0.133. The highest BCUT2D eigenvalue weighted by molar-refractivity contribution is 6.03. The van der Waals surface area contributed by atoms with E-state index < -0.39 is 0 Å². The first-order valence-electron chi connectivity index (χ1n) is 21.6. The molecule has 0 heteroatoms. The molecule has 0 radical (unpaired) electrons. The van der Waals surface area contributed by atoms with Gasteiger partial charge in [0.1, 0.15) is 0 Å². The molecule has 4 aromatic carbocycles. The summed E-state index contributed by atoms with van der Waals surface area (Å²) < 4.78 is 0. The molecule has 8 rings (SSSR count). The average Bonchev–Trinajstić information content (AvgIpc) is 3.94. The Morgan fingerprint density at radius 2 is 1.45 bits per heavy atom. The van der Waals surface area contributed by atoms with Crippen LogP contribution >= 0.6 is 0 Å². The van der Waals surface area contributed by atoms with E-state index in [0.717, 1.165) is 58.4 Å². The molecule has 4 aliphatic carbocycles. The van der Waals surface area contributed by atoms with Gasteiger partial charge in [-0.1, -0.05) is 241 Å². The summed E-state index contributed by atoms with van der Waals surface area (Å²) in [6.45, 7) is 17.0. The van der Waals surface area contributed by atoms with E-state index in [1.54, 1.807) is 0 Å². The standard InChI is InChI=1S/C56H46.2C2H6/c1-41-19-8-6-7-11-24-47(34-33-41)56-42(2)48(25-13-12-20-43-21-16-30-49(37-43)52-38-50-26-14-15-27-51(50)39-52)40-55-53(31-18-32-54(55)56)46-23-10-5-3-4-9-22-44-28-17-29-45(44)35-36-46;2*1-2/h3-10,12-19,21-28,30-38,40H,1-2,11,20,29,39H2;2*1-2H3/b4-3+,5-3?,7-6-,9-4?,10-5-,13-12-,19-8-,22-9-,23-10?,34-33-,36-35+,44-22?,45-35?,46-23+,46-36?,47-24+,48-25-;;. The molecule has 0 saturated carbocycles. The van der Waals surface area contributed by atoms with Gasteiger partial charge in [0.15, 0.2) is 0 Å². The predicted molar refractivity (Wildman–Crippen MR) is 268 cm³/mol. The molecule has 0 atom stereocenters. The van der Waals surface area contributed by atoms with Crippen molar-refractivity contribution in [1.82, 2.24) is 0 Å². The third-order valence-corrected chi connectivity index (χ3v) is 10.7. The number of hydrogen-bond acceptors (Lipinski definition) is 0. The van der Waals surface area contributed by atoms with Crippen molar-refractivity contribution in [3.63, 3.8) is 0 Å². The van der Waals surface area contributed by atoms with Crippen molar-refractivity contribution in [2.24, 2.45) is 0 Å². The van der Waals surface area contributed by atoms with Gasteiger partial charge in [0.05, 0.1) is 0 Å². The lowest BCUT2D eigenvalue weighted by Crippen LogP contribution is -2.27. The average molecular weight is 779 g/mol. The van der Waals surface area contributed by atoms with Crippen LogP contribution in [0.15, 0.2) is 218 Å². The van der Waals surface area contributed by atoms with Crippen molar-refractivity contribution in [2.75, 3.05) is 0 Å². The smallest absolute Gasteiger partial charge is 0.00137 e. The van der Waals surface area contributed by atoms with Crippen LogP contribution in [-0.4, -0.2) is 0 Å². The fourth-order valence-corrected chi connectivity index (χ4v) is 7.80. The van der Waals surface area contributed by atoms with E-state index in [4.69, 9.17) is 6.58 Å². The summed E-state index contributed by atoms with van der Waals surface area (Å²) in [7, 11) is 0. The minimum atomic E-state index is 0.819. The molecule has 0 N–H and O–H groups in total. The Morgan fingerprint density at radius 3 is 2.33 bits per heavy atom. The van der Waals surface area contributed by atoms with Crippen molar-refractivity contribution >= 4 is 46.2 Å². The molecule has 0 spiro atoms. The third-order valence-electron chi connectivity index (χ3n) is 10.7. The van der Waals surface area contributed by atoms with Crippen molar-refractivity contribution in [2.45, 2.75) is 53.4 Å². The summed E-state index contributed by atoms with van der Waals surface area (Å²) in [5, 5.41) is 4.49. The highest BCUT2D eigenvalue weighted by Crippen LogP contribution is 2.33. The van der Waals surface area contributed by atoms with Crippen LogP contribution in [0.25, 0.3) is 46.2 Å². The lowest BCUT2D eigenvalue weighted by Gasteiger charge is -2.15. The highest BCUT2D eigenvalue weighted by atomic mass is 14.2. The molecule has 0 aromatic heterocycles. The molecule has 0 unspecified atom stereocenters. The molecule has 0 nitrogen and oxygen atoms in total. The molecule has 0 fully saturated rings. The van der Waals surface area contributed by atoms with E-state index in [0.29, 0.717) is 0 Å². The maximum Gasteiger partial charge on any atom is -0.00137 e. The van der Waals surface area contributed by atoms with Crippen LogP contribution in [0.3, 0.4) is 0 Å². The Morgan fingerprint density at radius 1 is 0.650 bits per heavy atom. The number of allylic oxidation sites excluding steroid dienone is 26. The fourth-order valence-electron chi connectivity index (χ4n) is 7.80. The molecule has 60 heavy (non-hydrogen) atoms. The molecule has 0 heterocycles. The van der Waals surface area contributed by atoms with Crippen LogP contribution in [0, 0.1) is 0 Å². The van der Waals surface area contributed by atoms with Crippen LogP contribution in [0.4, 0.5) is 0 Å². The monoisotopic (exact) mass is 778 g/mol. The van der Waals surface area contributed by atoms with E-state index in [9.17, 15) is 0 Å². The zero-order valence-corrected chi connectivity index (χ0v) is 35.9. The lowest BCUT2D eigenvalue weighted by molar-refractivity contribution is 1.25. The first-order valence-corrected chi connectivity index (χ1v) is 21.6. The second-order valence-corrected chi connectivity index (χ2v) is 14.5. The van der Waals surface area contributed by atoms with Crippen LogP contribution in [0.5, 0.6) is 0 Å². The largest absolute Gasteiger partial charge is 0.0918 e. The number of fused-ring (bicyclic) bond motifs is 2. The molecule has 4 aromatic rings. The second kappa shape index (κ2) is 21.8. The van der Waals surface area contributed by atoms with Crippen molar-refractivity contribution in [3.05, 3.63) is 261 Å². The van der Waals surface area contributed by atoms with Gasteiger partial charge in [0.2, 0.25) is 0 Å². The van der Waals surface area contributed by atoms with Gasteiger partial charge in [-0.25, -0.2) is 0 Å². The lowest BCUT2D eigenvalue weighted by atomic mass is 9.89. The summed E-state index contributed by atoms with van der Waals surface area (Å²) in [4.78, 5) is 0. The highest BCUT2D eigenvalue weighted by Gasteiger charge is 2.15. The Balaban J connectivity index is 0.00000147. The topological polar surface area (TPSA) is 0 Å². The second-order valence-electron chi connectivity index (χ2n) is 14.5. The minimum Gasteiger partial charge on any atom is -0.0918 e. The minimum absolute atomic E-state index is 0.819. The Bertz CT molecular complexity index is 2740. The summed E-state index contributed by atoms with van der Waals surface area (Å²) in [6.07, 6.45) is 51.6. The molecule has 0 bridgehead atoms. The molecule has 4 aliphatic rings. The molecular weight excluding hydrogens is 721 g/mol. The van der Waals surface area contributed by atoms with Gasteiger partial charge in [-0.15, -0.1) is 0 Å². The maximum absolute atomic E-state index is 4.75. The van der Waals surface area contributed by atoms with Crippen LogP contribution in [0.1, 0.15) is 73.9 Å². The summed E-state index contributed by atoms with van der Waals surface area (Å²) in [6, 6.07) is 26.7. The van der Waals surface area contributed by atoms with Crippen LogP contribution < -0.4 is 10.4 Å². The van der Waals surface area contributed by atoms with Gasteiger partial charge in [-0.3, -0.25) is 0 Å². The predicted octanol–water partition coefficient (Wildman–Crippen LogP) is 14.9. The zero-order chi connectivity index (χ0) is 42.1. The van der Waals surface area contributed by atoms with Gasteiger partial charge in [-0.05, 0) is 120 Å². The van der Waals surface area contributed by atoms with Gasteiger partial charge in [0.25, 0.3) is 0 Å². The van der Waals surface area contributed by atoms with Crippen molar-refractivity contribution in [3.8, 4) is 0 Å². The molecular formula is C60H58. The Hall–Kier alpha value is -6.76. The van der Waals surface area contributed by atoms with Gasteiger partial charge in [-0.2, -0.15) is 0 Å². The summed E-state index contributed by atoms with van der Waals surface area (Å²) in [5.41, 5.74) is 14.9. The summed E-state index contributed by atoms with van der Waals surface area (Å²) in [5.74, 6) is 0. The van der Waals surface area contributed by atoms with Gasteiger partial charge >= 0.3 is 0 Å². The van der Waals surface area contributed by atoms with E-state index in [-0.39, 0.29) is 0 Å². The third kappa shape index (κ3) is 10.6. The van der Waals surface area contributed by atoms with E-state index in [2.05, 4.69) is 207 Å². The van der Waals surface area contributed by atoms with Crippen molar-refractivity contribution in [1.29, 1.82) is 0 Å². The van der Waals surface area contributed by atoms with E-state index >= 15 is 0 Å². The van der Waals surface area contributed by atoms with Gasteiger partial charge < -0.3 is 0 Å². The Kier molecular flexibility index (Phi) is 15.6. The first kappa shape index (κ1) is 42.8. The van der Waals surface area contributed by atoms with Crippen LogP contribution in [0.2, 0.25) is 0 Å². The molecule has 0 saturated heterocycles. The first-order chi connectivity index (χ1) is 29.6. The number of benzene rings is 4. The van der Waals surface area contributed by atoms with Crippen LogP contribution in [-0.2, 0) is 12.8 Å². The molecule has 0 amide bonds. The SMILES string of the molecule is C=C1/C=C\C=C/C/C=C(c2c(=C)/c(=C\C=C/Cc3cccc(C4=Cc5ccccc5C4)c3)cc3c(C4=C/C=C\C=C\C=C/C5=C(\C=C\4)CC=C5)cccc23)\C=C/1.CC.CC. The number of rotatable bonds is 6. The normalized spacial score (nSPS) is 21.5. The van der Waals surface area contributed by atoms with Gasteiger partial charge in [0, 0.05) is 0 Å². The number of hydrogen-bond donors (Lipinski definition) is 0. The quantitative estimate of drug-likeness (QED) is 0.183.